The molecule has 0 atom stereocenters. The van der Waals surface area contributed by atoms with Gasteiger partial charge in [-0.2, -0.15) is 0 Å². The molecule has 1 heterocycles. The highest BCUT2D eigenvalue weighted by Gasteiger charge is 2.15. The van der Waals surface area contributed by atoms with Gasteiger partial charge in [-0.05, 0) is 95.8 Å². The van der Waals surface area contributed by atoms with Crippen LogP contribution in [0.3, 0.4) is 0 Å². The molecular formula is C23H18IN3O3S. The number of rotatable bonds is 4. The molecule has 8 heteroatoms. The minimum atomic E-state index is -0.346. The predicted octanol–water partition coefficient (Wildman–Crippen LogP) is 5.54. The van der Waals surface area contributed by atoms with Gasteiger partial charge >= 0.3 is 0 Å². The predicted molar refractivity (Wildman–Crippen MR) is 134 cm³/mol. The van der Waals surface area contributed by atoms with Gasteiger partial charge in [-0.25, -0.2) is 4.98 Å². The van der Waals surface area contributed by atoms with E-state index >= 15 is 0 Å². The van der Waals surface area contributed by atoms with Crippen LogP contribution in [-0.4, -0.2) is 23.1 Å². The van der Waals surface area contributed by atoms with Gasteiger partial charge in [0.2, 0.25) is 5.89 Å². The van der Waals surface area contributed by atoms with Gasteiger partial charge < -0.3 is 14.5 Å². The lowest BCUT2D eigenvalue weighted by Crippen LogP contribution is -2.34. The lowest BCUT2D eigenvalue weighted by Gasteiger charge is -2.13. The lowest BCUT2D eigenvalue weighted by molar-refractivity contribution is 0.0974. The van der Waals surface area contributed by atoms with Gasteiger partial charge in [-0.3, -0.25) is 10.1 Å². The Balaban J connectivity index is 1.49. The summed E-state index contributed by atoms with van der Waals surface area (Å²) in [6.45, 7) is 1.88. The quantitative estimate of drug-likeness (QED) is 0.260. The van der Waals surface area contributed by atoms with E-state index in [-0.39, 0.29) is 11.0 Å². The molecule has 4 rings (SSSR count). The van der Waals surface area contributed by atoms with Gasteiger partial charge in [-0.1, -0.05) is 12.1 Å². The number of carbonyl (C=O) groups excluding carboxylic acids is 1. The number of fused-ring (bicyclic) bond motifs is 1. The summed E-state index contributed by atoms with van der Waals surface area (Å²) in [6.07, 6.45) is 0. The smallest absolute Gasteiger partial charge is 0.261 e. The van der Waals surface area contributed by atoms with Crippen molar-refractivity contribution in [2.45, 2.75) is 6.92 Å². The first-order chi connectivity index (χ1) is 14.9. The van der Waals surface area contributed by atoms with Crippen LogP contribution in [0.25, 0.3) is 22.6 Å². The Kier molecular flexibility index (Phi) is 6.19. The van der Waals surface area contributed by atoms with Crippen molar-refractivity contribution in [2.75, 3.05) is 12.4 Å². The number of hydrogen-bond donors (Lipinski definition) is 2. The number of amides is 1. The molecule has 0 aliphatic heterocycles. The van der Waals surface area contributed by atoms with Gasteiger partial charge in [0, 0.05) is 14.8 Å². The summed E-state index contributed by atoms with van der Waals surface area (Å²) in [5, 5.41) is 5.88. The maximum Gasteiger partial charge on any atom is 0.261 e. The molecule has 0 bridgehead atoms. The third kappa shape index (κ3) is 4.70. The Bertz CT molecular complexity index is 1290. The average molecular weight is 543 g/mol. The number of para-hydroxylation sites is 1. The van der Waals surface area contributed by atoms with Crippen LogP contribution in [0.4, 0.5) is 5.69 Å². The highest BCUT2D eigenvalue weighted by Crippen LogP contribution is 2.27. The fourth-order valence-corrected chi connectivity index (χ4v) is 3.73. The van der Waals surface area contributed by atoms with Crippen molar-refractivity contribution >= 4 is 62.6 Å². The Morgan fingerprint density at radius 1 is 1.13 bits per heavy atom. The molecule has 0 saturated heterocycles. The zero-order chi connectivity index (χ0) is 22.0. The summed E-state index contributed by atoms with van der Waals surface area (Å²) in [4.78, 5) is 17.2. The van der Waals surface area contributed by atoms with E-state index in [0.717, 1.165) is 14.7 Å². The number of hydrogen-bond acceptors (Lipinski definition) is 5. The van der Waals surface area contributed by atoms with Crippen molar-refractivity contribution in [1.29, 1.82) is 0 Å². The van der Waals surface area contributed by atoms with Crippen molar-refractivity contribution in [3.8, 4) is 17.2 Å². The first-order valence-electron chi connectivity index (χ1n) is 9.37. The molecular weight excluding hydrogens is 525 g/mol. The van der Waals surface area contributed by atoms with Crippen LogP contribution in [0, 0.1) is 10.5 Å². The molecule has 0 fully saturated rings. The van der Waals surface area contributed by atoms with Crippen LogP contribution >= 0.6 is 34.8 Å². The number of halogens is 1. The van der Waals surface area contributed by atoms with E-state index < -0.39 is 0 Å². The van der Waals surface area contributed by atoms with Crippen molar-refractivity contribution in [3.63, 3.8) is 0 Å². The summed E-state index contributed by atoms with van der Waals surface area (Å²) in [5.74, 6) is 0.725. The number of anilines is 1. The van der Waals surface area contributed by atoms with Gasteiger partial charge in [0.15, 0.2) is 10.7 Å². The van der Waals surface area contributed by atoms with Crippen molar-refractivity contribution in [3.05, 3.63) is 75.4 Å². The van der Waals surface area contributed by atoms with Crippen LogP contribution in [0.1, 0.15) is 15.9 Å². The lowest BCUT2D eigenvalue weighted by atomic mass is 10.1. The fraction of sp³-hybridized carbons (Fsp3) is 0.0870. The van der Waals surface area contributed by atoms with E-state index in [1.165, 1.54) is 7.11 Å². The zero-order valence-corrected chi connectivity index (χ0v) is 19.7. The maximum absolute atomic E-state index is 12.6. The first-order valence-corrected chi connectivity index (χ1v) is 10.9. The Morgan fingerprint density at radius 3 is 2.65 bits per heavy atom. The van der Waals surface area contributed by atoms with Crippen LogP contribution in [0.5, 0.6) is 5.75 Å². The number of methoxy groups -OCH3 is 1. The topological polar surface area (TPSA) is 76.4 Å². The monoisotopic (exact) mass is 543 g/mol. The second kappa shape index (κ2) is 9.03. The molecule has 1 aromatic heterocycles. The molecule has 156 valence electrons. The number of nitrogens with one attached hydrogen (secondary N) is 2. The van der Waals surface area contributed by atoms with Gasteiger partial charge in [-0.15, -0.1) is 0 Å². The van der Waals surface area contributed by atoms with Crippen molar-refractivity contribution in [2.24, 2.45) is 0 Å². The van der Waals surface area contributed by atoms with Crippen LogP contribution < -0.4 is 15.4 Å². The Hall–Kier alpha value is -2.98. The van der Waals surface area contributed by atoms with Gasteiger partial charge in [0.25, 0.3) is 5.91 Å². The highest BCUT2D eigenvalue weighted by atomic mass is 127. The first kappa shape index (κ1) is 21.3. The number of carbonyl (C=O) groups is 1. The Morgan fingerprint density at radius 2 is 1.90 bits per heavy atom. The number of aryl methyl sites for hydroxylation is 1. The molecule has 0 aliphatic rings. The fourth-order valence-electron chi connectivity index (χ4n) is 3.16. The molecule has 31 heavy (non-hydrogen) atoms. The standard InChI is InChI=1S/C23H18IN3O3S/c1-13-4-3-5-17(20(13)29-2)21(28)27-23(31)25-16-10-11-19-18(12-16)26-22(30-19)14-6-8-15(24)9-7-14/h3-12H,1-2H3,(H2,25,27,28,31). The molecule has 0 aliphatic carbocycles. The number of aromatic nitrogens is 1. The minimum absolute atomic E-state index is 0.175. The largest absolute Gasteiger partial charge is 0.496 e. The SMILES string of the molecule is COc1c(C)cccc1C(=O)NC(=S)Nc1ccc2oc(-c3ccc(I)cc3)nc2c1. The molecule has 2 N–H and O–H groups in total. The van der Waals surface area contributed by atoms with Crippen molar-refractivity contribution in [1.82, 2.24) is 10.3 Å². The molecule has 3 aromatic carbocycles. The van der Waals surface area contributed by atoms with E-state index in [2.05, 4.69) is 38.2 Å². The van der Waals surface area contributed by atoms with Crippen LogP contribution in [0.15, 0.2) is 65.1 Å². The number of oxazole rings is 1. The third-order valence-corrected chi connectivity index (χ3v) is 5.55. The summed E-state index contributed by atoms with van der Waals surface area (Å²) in [5.41, 5.74) is 4.24. The Labute approximate surface area is 198 Å². The molecule has 0 saturated carbocycles. The van der Waals surface area contributed by atoms with E-state index in [1.54, 1.807) is 12.1 Å². The number of thiocarbonyl (C=S) groups is 1. The van der Waals surface area contributed by atoms with Crippen LogP contribution in [0.2, 0.25) is 0 Å². The number of nitrogens with zero attached hydrogens (tertiary/aromatic N) is 1. The van der Waals surface area contributed by atoms with E-state index in [9.17, 15) is 4.79 Å². The highest BCUT2D eigenvalue weighted by molar-refractivity contribution is 14.1. The van der Waals surface area contributed by atoms with Crippen molar-refractivity contribution < 1.29 is 13.9 Å². The van der Waals surface area contributed by atoms with E-state index in [1.807, 2.05) is 55.5 Å². The summed E-state index contributed by atoms with van der Waals surface area (Å²) < 4.78 is 12.3. The second-order valence-corrected chi connectivity index (χ2v) is 8.43. The number of ether oxygens (including phenoxy) is 1. The summed E-state index contributed by atoms with van der Waals surface area (Å²) >= 11 is 7.57. The summed E-state index contributed by atoms with van der Waals surface area (Å²) in [6, 6.07) is 18.8. The second-order valence-electron chi connectivity index (χ2n) is 6.77. The van der Waals surface area contributed by atoms with E-state index in [0.29, 0.717) is 34.0 Å². The third-order valence-electron chi connectivity index (χ3n) is 4.62. The molecule has 1 amide bonds. The van der Waals surface area contributed by atoms with Crippen LogP contribution in [-0.2, 0) is 0 Å². The molecule has 6 nitrogen and oxygen atoms in total. The van der Waals surface area contributed by atoms with Gasteiger partial charge in [0.05, 0.1) is 12.7 Å². The normalized spacial score (nSPS) is 10.7. The zero-order valence-electron chi connectivity index (χ0n) is 16.7. The molecule has 0 unspecified atom stereocenters. The molecule has 0 radical (unpaired) electrons. The molecule has 0 spiro atoms. The molecule has 4 aromatic rings. The van der Waals surface area contributed by atoms with E-state index in [4.69, 9.17) is 21.4 Å². The number of benzene rings is 3. The van der Waals surface area contributed by atoms with Gasteiger partial charge in [0.1, 0.15) is 11.3 Å². The average Bonchev–Trinajstić information content (AvgIpc) is 3.17. The maximum atomic E-state index is 12.6. The minimum Gasteiger partial charge on any atom is -0.496 e. The summed E-state index contributed by atoms with van der Waals surface area (Å²) in [7, 11) is 1.54.